The largest absolute Gasteiger partial charge is 0.335 e. The Morgan fingerprint density at radius 2 is 0.833 bits per heavy atom. The van der Waals surface area contributed by atoms with Crippen LogP contribution >= 0.6 is 0 Å². The predicted molar refractivity (Wildman–Crippen MR) is 185 cm³/mol. The quantitative estimate of drug-likeness (QED) is 0.326. The average Bonchev–Trinajstić information content (AvgIpc) is 3.14. The van der Waals surface area contributed by atoms with Crippen molar-refractivity contribution in [3.8, 4) is 0 Å². The van der Waals surface area contributed by atoms with E-state index >= 15 is 0 Å². The standard InChI is InChI=1S/2C19H27N3O2/c2*23-18(15-8-7-13-20-14-15)22(17-11-5-2-6-12-17)19(24)21-16-9-3-1-4-10-16/h2*7-8,13-14,16-17H,1-6,9-12H2,(H,21,24). The number of hydrogen-bond acceptors (Lipinski definition) is 6. The van der Waals surface area contributed by atoms with Crippen LogP contribution in [0.15, 0.2) is 49.1 Å². The second kappa shape index (κ2) is 18.7. The summed E-state index contributed by atoms with van der Waals surface area (Å²) in [6, 6.07) is 6.95. The first-order chi connectivity index (χ1) is 23.5. The Morgan fingerprint density at radius 1 is 0.500 bits per heavy atom. The molecule has 260 valence electrons. The highest BCUT2D eigenvalue weighted by Crippen LogP contribution is 2.27. The first-order valence-corrected chi connectivity index (χ1v) is 18.6. The molecule has 6 rings (SSSR count). The van der Waals surface area contributed by atoms with Crippen molar-refractivity contribution in [3.05, 3.63) is 60.2 Å². The van der Waals surface area contributed by atoms with Gasteiger partial charge in [-0.2, -0.15) is 0 Å². The average molecular weight is 659 g/mol. The maximum absolute atomic E-state index is 13.0. The van der Waals surface area contributed by atoms with Gasteiger partial charge < -0.3 is 10.6 Å². The number of carbonyl (C=O) groups is 4. The van der Waals surface area contributed by atoms with Crippen LogP contribution in [0.25, 0.3) is 0 Å². The highest BCUT2D eigenvalue weighted by molar-refractivity contribution is 6.05. The summed E-state index contributed by atoms with van der Waals surface area (Å²) in [7, 11) is 0. The molecular weight excluding hydrogens is 604 g/mol. The summed E-state index contributed by atoms with van der Waals surface area (Å²) >= 11 is 0. The molecule has 4 aliphatic carbocycles. The van der Waals surface area contributed by atoms with E-state index in [2.05, 4.69) is 20.6 Å². The highest BCUT2D eigenvalue weighted by Gasteiger charge is 2.34. The molecule has 10 nitrogen and oxygen atoms in total. The van der Waals surface area contributed by atoms with Gasteiger partial charge in [-0.25, -0.2) is 9.59 Å². The van der Waals surface area contributed by atoms with Gasteiger partial charge in [-0.15, -0.1) is 0 Å². The van der Waals surface area contributed by atoms with Crippen molar-refractivity contribution in [2.75, 3.05) is 0 Å². The SMILES string of the molecule is O=C(NC1CCCCC1)N(C(=O)c1cccnc1)C1CCCCC1.O=C(NC1CCCCC1)N(C(=O)c1cccnc1)C1CCCCC1. The number of carbonyl (C=O) groups excluding carboxylic acids is 4. The maximum Gasteiger partial charge on any atom is 0.324 e. The number of pyridine rings is 2. The summed E-state index contributed by atoms with van der Waals surface area (Å²) in [5, 5.41) is 6.23. The minimum atomic E-state index is -0.220. The molecular formula is C38H54N6O4. The smallest absolute Gasteiger partial charge is 0.324 e. The summed E-state index contributed by atoms with van der Waals surface area (Å²) < 4.78 is 0. The normalized spacial score (nSPS) is 19.7. The van der Waals surface area contributed by atoms with Crippen molar-refractivity contribution in [1.82, 2.24) is 30.4 Å². The maximum atomic E-state index is 13.0. The van der Waals surface area contributed by atoms with Gasteiger partial charge in [0.25, 0.3) is 11.8 Å². The molecule has 2 aromatic rings. The van der Waals surface area contributed by atoms with Gasteiger partial charge in [-0.3, -0.25) is 29.4 Å². The fraction of sp³-hybridized carbons (Fsp3) is 0.632. The summed E-state index contributed by atoms with van der Waals surface area (Å²) in [4.78, 5) is 62.7. The number of rotatable bonds is 6. The molecule has 0 saturated heterocycles. The zero-order valence-corrected chi connectivity index (χ0v) is 28.5. The van der Waals surface area contributed by atoms with E-state index in [4.69, 9.17) is 0 Å². The van der Waals surface area contributed by atoms with Crippen LogP contribution in [0, 0.1) is 0 Å². The molecule has 0 spiro atoms. The zero-order chi connectivity index (χ0) is 33.6. The molecule has 4 fully saturated rings. The van der Waals surface area contributed by atoms with Crippen molar-refractivity contribution >= 4 is 23.9 Å². The third kappa shape index (κ3) is 10.1. The molecule has 0 aliphatic heterocycles. The van der Waals surface area contributed by atoms with Gasteiger partial charge >= 0.3 is 12.1 Å². The predicted octanol–water partition coefficient (Wildman–Crippen LogP) is 7.80. The monoisotopic (exact) mass is 658 g/mol. The Labute approximate surface area is 285 Å². The molecule has 0 radical (unpaired) electrons. The molecule has 2 aromatic heterocycles. The van der Waals surface area contributed by atoms with E-state index in [-0.39, 0.29) is 48.0 Å². The second-order valence-corrected chi connectivity index (χ2v) is 14.0. The molecule has 2 N–H and O–H groups in total. The third-order valence-corrected chi connectivity index (χ3v) is 10.4. The summed E-state index contributed by atoms with van der Waals surface area (Å²) in [6.45, 7) is 0. The van der Waals surface area contributed by atoms with Crippen LogP contribution in [0.5, 0.6) is 0 Å². The minimum absolute atomic E-state index is 0.00930. The summed E-state index contributed by atoms with van der Waals surface area (Å²) in [6.07, 6.45) is 27.9. The van der Waals surface area contributed by atoms with Crippen molar-refractivity contribution in [2.45, 2.75) is 153 Å². The Kier molecular flexibility index (Phi) is 13.8. The van der Waals surface area contributed by atoms with Crippen LogP contribution in [-0.2, 0) is 0 Å². The molecule has 0 bridgehead atoms. The Balaban J connectivity index is 0.000000188. The van der Waals surface area contributed by atoms with Crippen LogP contribution < -0.4 is 10.6 Å². The number of amides is 6. The lowest BCUT2D eigenvalue weighted by atomic mass is 9.93. The molecule has 4 saturated carbocycles. The molecule has 10 heteroatoms. The lowest BCUT2D eigenvalue weighted by Crippen LogP contribution is -2.52. The van der Waals surface area contributed by atoms with Crippen molar-refractivity contribution in [2.24, 2.45) is 0 Å². The van der Waals surface area contributed by atoms with Crippen molar-refractivity contribution in [1.29, 1.82) is 0 Å². The number of nitrogens with one attached hydrogen (secondary N) is 2. The van der Waals surface area contributed by atoms with Crippen LogP contribution in [0.4, 0.5) is 9.59 Å². The van der Waals surface area contributed by atoms with E-state index in [9.17, 15) is 19.2 Å². The topological polar surface area (TPSA) is 125 Å². The third-order valence-electron chi connectivity index (χ3n) is 10.4. The molecule has 0 unspecified atom stereocenters. The molecule has 6 amide bonds. The fourth-order valence-electron chi connectivity index (χ4n) is 7.77. The van der Waals surface area contributed by atoms with E-state index in [0.717, 1.165) is 103 Å². The Morgan fingerprint density at radius 3 is 1.15 bits per heavy atom. The van der Waals surface area contributed by atoms with E-state index in [1.807, 2.05) is 0 Å². The van der Waals surface area contributed by atoms with Crippen molar-refractivity contribution in [3.63, 3.8) is 0 Å². The van der Waals surface area contributed by atoms with Gasteiger partial charge in [0, 0.05) is 49.0 Å². The Hall–Kier alpha value is -3.82. The van der Waals surface area contributed by atoms with Gasteiger partial charge in [-0.1, -0.05) is 77.0 Å². The second-order valence-electron chi connectivity index (χ2n) is 14.0. The number of imide groups is 2. The molecule has 0 aromatic carbocycles. The number of urea groups is 2. The van der Waals surface area contributed by atoms with Gasteiger partial charge in [0.05, 0.1) is 11.1 Å². The number of aromatic nitrogens is 2. The van der Waals surface area contributed by atoms with E-state index in [1.54, 1.807) is 49.1 Å². The highest BCUT2D eigenvalue weighted by atomic mass is 16.2. The van der Waals surface area contributed by atoms with Gasteiger partial charge in [0.15, 0.2) is 0 Å². The van der Waals surface area contributed by atoms with Gasteiger partial charge in [0.1, 0.15) is 0 Å². The first kappa shape index (κ1) is 35.5. The number of hydrogen-bond donors (Lipinski definition) is 2. The molecule has 0 atom stereocenters. The lowest BCUT2D eigenvalue weighted by Gasteiger charge is -2.34. The van der Waals surface area contributed by atoms with Gasteiger partial charge in [0.2, 0.25) is 0 Å². The molecule has 48 heavy (non-hydrogen) atoms. The fourth-order valence-corrected chi connectivity index (χ4v) is 7.77. The van der Waals surface area contributed by atoms with Crippen LogP contribution in [0.1, 0.15) is 149 Å². The molecule has 2 heterocycles. The van der Waals surface area contributed by atoms with E-state index in [1.165, 1.54) is 35.5 Å². The summed E-state index contributed by atoms with van der Waals surface area (Å²) in [5.74, 6) is -0.438. The van der Waals surface area contributed by atoms with Crippen LogP contribution in [0.2, 0.25) is 0 Å². The van der Waals surface area contributed by atoms with E-state index in [0.29, 0.717) is 11.1 Å². The minimum Gasteiger partial charge on any atom is -0.335 e. The molecule has 4 aliphatic rings. The number of nitrogens with zero attached hydrogens (tertiary/aromatic N) is 4. The summed E-state index contributed by atoms with van der Waals surface area (Å²) in [5.41, 5.74) is 0.976. The van der Waals surface area contributed by atoms with Crippen LogP contribution in [-0.4, -0.2) is 67.8 Å². The Bertz CT molecular complexity index is 1200. The lowest BCUT2D eigenvalue weighted by molar-refractivity contribution is 0.0689. The van der Waals surface area contributed by atoms with Crippen molar-refractivity contribution < 1.29 is 19.2 Å². The van der Waals surface area contributed by atoms with Gasteiger partial charge in [-0.05, 0) is 75.6 Å². The van der Waals surface area contributed by atoms with E-state index < -0.39 is 0 Å². The zero-order valence-electron chi connectivity index (χ0n) is 28.5. The first-order valence-electron chi connectivity index (χ1n) is 18.6. The van der Waals surface area contributed by atoms with Crippen LogP contribution in [0.3, 0.4) is 0 Å².